The van der Waals surface area contributed by atoms with Crippen LogP contribution in [0, 0.1) is 6.92 Å². The molecule has 3 rings (SSSR count). The number of carboxylic acid groups (broad SMARTS) is 1. The topological polar surface area (TPSA) is 70.8 Å². The molecule has 1 N–H and O–H groups in total. The first-order valence-corrected chi connectivity index (χ1v) is 7.89. The number of nitrogens with zero attached hydrogens (tertiary/aromatic N) is 1. The third-order valence-corrected chi connectivity index (χ3v) is 4.61. The molecule has 0 unspecified atom stereocenters. The zero-order chi connectivity index (χ0) is 16.6. The van der Waals surface area contributed by atoms with E-state index in [4.69, 9.17) is 9.52 Å². The molecule has 3 aromatic rings. The average Bonchev–Trinajstić information content (AvgIpc) is 3.10. The molecule has 0 fully saturated rings. The van der Waals surface area contributed by atoms with E-state index in [0.29, 0.717) is 17.1 Å². The Labute approximate surface area is 136 Å². The molecule has 0 saturated heterocycles. The van der Waals surface area contributed by atoms with Crippen LogP contribution >= 0.6 is 11.3 Å². The Balaban J connectivity index is 1.83. The number of benzene rings is 1. The lowest BCUT2D eigenvalue weighted by atomic mass is 10.1. The molecule has 0 aliphatic carbocycles. The zero-order valence-corrected chi connectivity index (χ0v) is 13.5. The summed E-state index contributed by atoms with van der Waals surface area (Å²) in [7, 11) is 1.67. The third-order valence-electron chi connectivity index (χ3n) is 3.65. The van der Waals surface area contributed by atoms with E-state index in [1.54, 1.807) is 14.0 Å². The van der Waals surface area contributed by atoms with Crippen LogP contribution < -0.4 is 0 Å². The van der Waals surface area contributed by atoms with Gasteiger partial charge in [-0.2, -0.15) is 0 Å². The maximum absolute atomic E-state index is 12.6. The molecule has 5 nitrogen and oxygen atoms in total. The van der Waals surface area contributed by atoms with Crippen molar-refractivity contribution in [3.8, 4) is 0 Å². The van der Waals surface area contributed by atoms with Crippen molar-refractivity contribution in [3.63, 3.8) is 0 Å². The van der Waals surface area contributed by atoms with Gasteiger partial charge in [0.15, 0.2) is 0 Å². The predicted octanol–water partition coefficient (Wildman–Crippen LogP) is 3.77. The SMILES string of the molecule is Cc1oc(CN(C)C(=O)c2csc3ccccc23)cc1C(=O)O. The molecule has 0 bridgehead atoms. The summed E-state index contributed by atoms with van der Waals surface area (Å²) in [6, 6.07) is 9.21. The highest BCUT2D eigenvalue weighted by molar-refractivity contribution is 7.17. The van der Waals surface area contributed by atoms with Crippen LogP contribution in [0.1, 0.15) is 32.2 Å². The number of aryl methyl sites for hydroxylation is 1. The van der Waals surface area contributed by atoms with Crippen molar-refractivity contribution in [1.29, 1.82) is 0 Å². The fourth-order valence-electron chi connectivity index (χ4n) is 2.49. The summed E-state index contributed by atoms with van der Waals surface area (Å²) in [5, 5.41) is 11.8. The van der Waals surface area contributed by atoms with Crippen molar-refractivity contribution in [2.45, 2.75) is 13.5 Å². The Hall–Kier alpha value is -2.60. The summed E-state index contributed by atoms with van der Waals surface area (Å²) in [6.45, 7) is 1.82. The first-order chi connectivity index (χ1) is 11.0. The molecule has 2 heterocycles. The summed E-state index contributed by atoms with van der Waals surface area (Å²) in [4.78, 5) is 25.2. The second-order valence-electron chi connectivity index (χ2n) is 5.29. The van der Waals surface area contributed by atoms with Crippen LogP contribution in [0.4, 0.5) is 0 Å². The molecule has 0 atom stereocenters. The second kappa shape index (κ2) is 5.89. The highest BCUT2D eigenvalue weighted by atomic mass is 32.1. The Morgan fingerprint density at radius 1 is 1.26 bits per heavy atom. The van der Waals surface area contributed by atoms with Gasteiger partial charge < -0.3 is 14.4 Å². The van der Waals surface area contributed by atoms with Gasteiger partial charge in [-0.25, -0.2) is 4.79 Å². The van der Waals surface area contributed by atoms with E-state index in [2.05, 4.69) is 0 Å². The minimum atomic E-state index is -1.03. The lowest BCUT2D eigenvalue weighted by Gasteiger charge is -2.15. The van der Waals surface area contributed by atoms with Crippen LogP contribution in [0.5, 0.6) is 0 Å². The summed E-state index contributed by atoms with van der Waals surface area (Å²) in [5.41, 5.74) is 0.775. The van der Waals surface area contributed by atoms with Gasteiger partial charge in [-0.3, -0.25) is 4.79 Å². The molecule has 2 aromatic heterocycles. The Morgan fingerprint density at radius 2 is 2.00 bits per heavy atom. The Bertz CT molecular complexity index is 893. The van der Waals surface area contributed by atoms with Crippen molar-refractivity contribution in [2.75, 3.05) is 7.05 Å². The molecule has 23 heavy (non-hydrogen) atoms. The highest BCUT2D eigenvalue weighted by Gasteiger charge is 2.19. The maximum Gasteiger partial charge on any atom is 0.339 e. The molecule has 1 amide bonds. The largest absolute Gasteiger partial charge is 0.478 e. The number of carbonyl (C=O) groups is 2. The van der Waals surface area contributed by atoms with Crippen LogP contribution in [0.3, 0.4) is 0 Å². The van der Waals surface area contributed by atoms with E-state index in [9.17, 15) is 9.59 Å². The van der Waals surface area contributed by atoms with Crippen LogP contribution in [0.15, 0.2) is 40.1 Å². The smallest absolute Gasteiger partial charge is 0.339 e. The second-order valence-corrected chi connectivity index (χ2v) is 6.21. The molecule has 0 saturated carbocycles. The molecule has 0 spiro atoms. The highest BCUT2D eigenvalue weighted by Crippen LogP contribution is 2.27. The molecular formula is C17H15NO4S. The average molecular weight is 329 g/mol. The lowest BCUT2D eigenvalue weighted by molar-refractivity contribution is 0.0694. The fraction of sp³-hybridized carbons (Fsp3) is 0.176. The van der Waals surface area contributed by atoms with E-state index in [1.165, 1.54) is 22.3 Å². The zero-order valence-electron chi connectivity index (χ0n) is 12.7. The van der Waals surface area contributed by atoms with Crippen molar-refractivity contribution < 1.29 is 19.1 Å². The number of fused-ring (bicyclic) bond motifs is 1. The minimum Gasteiger partial charge on any atom is -0.478 e. The number of aromatic carboxylic acids is 1. The van der Waals surface area contributed by atoms with Gasteiger partial charge in [0.25, 0.3) is 5.91 Å². The van der Waals surface area contributed by atoms with Gasteiger partial charge in [-0.05, 0) is 19.1 Å². The number of furan rings is 1. The van der Waals surface area contributed by atoms with E-state index < -0.39 is 5.97 Å². The Morgan fingerprint density at radius 3 is 2.70 bits per heavy atom. The summed E-state index contributed by atoms with van der Waals surface area (Å²) in [6.07, 6.45) is 0. The quantitative estimate of drug-likeness (QED) is 0.791. The van der Waals surface area contributed by atoms with Crippen molar-refractivity contribution >= 4 is 33.3 Å². The normalized spacial score (nSPS) is 10.9. The first kappa shape index (κ1) is 15.3. The standard InChI is InChI=1S/C17H15NO4S/c1-10-13(17(20)21)7-11(22-10)8-18(2)16(19)14-9-23-15-6-4-3-5-12(14)15/h3-7,9H,8H2,1-2H3,(H,20,21). The molecule has 1 aromatic carbocycles. The predicted molar refractivity (Wildman–Crippen MR) is 88.0 cm³/mol. The van der Waals surface area contributed by atoms with Gasteiger partial charge in [0, 0.05) is 22.5 Å². The van der Waals surface area contributed by atoms with Gasteiger partial charge in [0.05, 0.1) is 12.1 Å². The number of hydrogen-bond donors (Lipinski definition) is 1. The third kappa shape index (κ3) is 2.85. The van der Waals surface area contributed by atoms with Gasteiger partial charge in [-0.1, -0.05) is 18.2 Å². The molecule has 0 aliphatic heterocycles. The van der Waals surface area contributed by atoms with E-state index >= 15 is 0 Å². The maximum atomic E-state index is 12.6. The number of hydrogen-bond acceptors (Lipinski definition) is 4. The van der Waals surface area contributed by atoms with Gasteiger partial charge in [-0.15, -0.1) is 11.3 Å². The van der Waals surface area contributed by atoms with Crippen molar-refractivity contribution in [3.05, 3.63) is 58.4 Å². The summed E-state index contributed by atoms with van der Waals surface area (Å²) in [5.74, 6) is -0.353. The number of carbonyl (C=O) groups excluding carboxylic acids is 1. The monoisotopic (exact) mass is 329 g/mol. The number of carboxylic acids is 1. The van der Waals surface area contributed by atoms with E-state index in [1.807, 2.05) is 29.6 Å². The van der Waals surface area contributed by atoms with Gasteiger partial charge >= 0.3 is 5.97 Å². The lowest BCUT2D eigenvalue weighted by Crippen LogP contribution is -2.25. The molecule has 6 heteroatoms. The van der Waals surface area contributed by atoms with Crippen LogP contribution in [-0.4, -0.2) is 28.9 Å². The van der Waals surface area contributed by atoms with Crippen LogP contribution in [0.2, 0.25) is 0 Å². The molecule has 118 valence electrons. The molecule has 0 radical (unpaired) electrons. The van der Waals surface area contributed by atoms with Crippen LogP contribution in [-0.2, 0) is 6.54 Å². The first-order valence-electron chi connectivity index (χ1n) is 7.01. The summed E-state index contributed by atoms with van der Waals surface area (Å²) >= 11 is 1.53. The summed E-state index contributed by atoms with van der Waals surface area (Å²) < 4.78 is 6.49. The molecule has 0 aliphatic rings. The van der Waals surface area contributed by atoms with E-state index in [-0.39, 0.29) is 18.0 Å². The van der Waals surface area contributed by atoms with Crippen molar-refractivity contribution in [1.82, 2.24) is 4.90 Å². The number of amides is 1. The van der Waals surface area contributed by atoms with Crippen molar-refractivity contribution in [2.24, 2.45) is 0 Å². The number of rotatable bonds is 4. The van der Waals surface area contributed by atoms with E-state index in [0.717, 1.165) is 10.1 Å². The van der Waals surface area contributed by atoms with Gasteiger partial charge in [0.2, 0.25) is 0 Å². The Kier molecular flexibility index (Phi) is 3.92. The fourth-order valence-corrected chi connectivity index (χ4v) is 3.42. The minimum absolute atomic E-state index is 0.117. The van der Waals surface area contributed by atoms with Gasteiger partial charge in [0.1, 0.15) is 17.1 Å². The van der Waals surface area contributed by atoms with Crippen LogP contribution in [0.25, 0.3) is 10.1 Å². The molecular weight excluding hydrogens is 314 g/mol. The number of thiophene rings is 1.